The van der Waals surface area contributed by atoms with E-state index < -0.39 is 23.7 Å². The number of pyridine rings is 1. The Balaban J connectivity index is 2.45. The van der Waals surface area contributed by atoms with E-state index in [1.165, 1.54) is 24.5 Å². The van der Waals surface area contributed by atoms with Gasteiger partial charge in [0.15, 0.2) is 0 Å². The molecule has 0 saturated heterocycles. The van der Waals surface area contributed by atoms with Gasteiger partial charge in [-0.05, 0) is 26.8 Å². The first-order valence-electron chi connectivity index (χ1n) is 7.12. The molecule has 0 saturated carbocycles. The van der Waals surface area contributed by atoms with E-state index in [2.05, 4.69) is 20.3 Å². The summed E-state index contributed by atoms with van der Waals surface area (Å²) >= 11 is 0. The standard InChI is InChI=1S/C15H16F3N5O2/c1-14(2,3)25-13(24)23-11-6-10(8-4-5-20-7-9(8)19)21-12(22-11)15(16,17)18/h4-7H,19H2,1-3H3,(H,21,22,23,24). The third kappa shape index (κ3) is 5.03. The van der Waals surface area contributed by atoms with Gasteiger partial charge in [0, 0.05) is 17.8 Å². The highest BCUT2D eigenvalue weighted by atomic mass is 19.4. The van der Waals surface area contributed by atoms with Crippen molar-refractivity contribution in [2.24, 2.45) is 0 Å². The third-order valence-corrected chi connectivity index (χ3v) is 2.74. The minimum atomic E-state index is -4.80. The molecular weight excluding hydrogens is 339 g/mol. The second-order valence-corrected chi connectivity index (χ2v) is 6.05. The lowest BCUT2D eigenvalue weighted by molar-refractivity contribution is -0.144. The summed E-state index contributed by atoms with van der Waals surface area (Å²) in [6.07, 6.45) is -3.09. The van der Waals surface area contributed by atoms with Crippen molar-refractivity contribution in [1.29, 1.82) is 0 Å². The SMILES string of the molecule is CC(C)(C)OC(=O)Nc1cc(-c2ccncc2N)nc(C(F)(F)F)n1. The fourth-order valence-electron chi connectivity index (χ4n) is 1.82. The van der Waals surface area contributed by atoms with Crippen LogP contribution in [0.2, 0.25) is 0 Å². The quantitative estimate of drug-likeness (QED) is 0.855. The molecule has 0 aliphatic carbocycles. The number of anilines is 2. The van der Waals surface area contributed by atoms with Gasteiger partial charge >= 0.3 is 12.3 Å². The summed E-state index contributed by atoms with van der Waals surface area (Å²) < 4.78 is 44.2. The average molecular weight is 355 g/mol. The Morgan fingerprint density at radius 3 is 2.48 bits per heavy atom. The number of nitrogens with two attached hydrogens (primary N) is 1. The summed E-state index contributed by atoms with van der Waals surface area (Å²) in [5, 5.41) is 2.17. The van der Waals surface area contributed by atoms with Crippen molar-refractivity contribution in [3.63, 3.8) is 0 Å². The molecule has 2 heterocycles. The van der Waals surface area contributed by atoms with Crippen LogP contribution < -0.4 is 11.1 Å². The number of halogens is 3. The summed E-state index contributed by atoms with van der Waals surface area (Å²) in [7, 11) is 0. The molecule has 0 radical (unpaired) electrons. The summed E-state index contributed by atoms with van der Waals surface area (Å²) in [6, 6.07) is 2.58. The van der Waals surface area contributed by atoms with Crippen LogP contribution in [0.4, 0.5) is 29.5 Å². The zero-order valence-electron chi connectivity index (χ0n) is 13.7. The van der Waals surface area contributed by atoms with E-state index in [4.69, 9.17) is 10.5 Å². The van der Waals surface area contributed by atoms with Crippen LogP contribution in [0.1, 0.15) is 26.6 Å². The van der Waals surface area contributed by atoms with Crippen LogP contribution in [-0.2, 0) is 10.9 Å². The first kappa shape index (κ1) is 18.4. The van der Waals surface area contributed by atoms with Crippen molar-refractivity contribution >= 4 is 17.6 Å². The molecule has 0 unspecified atom stereocenters. The van der Waals surface area contributed by atoms with Crippen LogP contribution in [0.3, 0.4) is 0 Å². The highest BCUT2D eigenvalue weighted by Gasteiger charge is 2.36. The van der Waals surface area contributed by atoms with Gasteiger partial charge in [-0.25, -0.2) is 14.8 Å². The van der Waals surface area contributed by atoms with E-state index in [9.17, 15) is 18.0 Å². The lowest BCUT2D eigenvalue weighted by atomic mass is 10.1. The summed E-state index contributed by atoms with van der Waals surface area (Å²) in [5.74, 6) is -1.77. The van der Waals surface area contributed by atoms with E-state index in [1.54, 1.807) is 20.8 Å². The molecular formula is C15H16F3N5O2. The molecule has 0 spiro atoms. The number of nitrogen functional groups attached to an aromatic ring is 1. The van der Waals surface area contributed by atoms with Gasteiger partial charge in [0.05, 0.1) is 17.6 Å². The lowest BCUT2D eigenvalue weighted by Gasteiger charge is -2.19. The molecule has 2 aromatic rings. The fourth-order valence-corrected chi connectivity index (χ4v) is 1.82. The van der Waals surface area contributed by atoms with Crippen LogP contribution in [0, 0.1) is 0 Å². The molecule has 2 aromatic heterocycles. The summed E-state index contributed by atoms with van der Waals surface area (Å²) in [5.41, 5.74) is 5.18. The van der Waals surface area contributed by atoms with Gasteiger partial charge in [0.1, 0.15) is 11.4 Å². The van der Waals surface area contributed by atoms with Crippen LogP contribution in [-0.4, -0.2) is 26.6 Å². The number of nitrogens with zero attached hydrogens (tertiary/aromatic N) is 3. The fraction of sp³-hybridized carbons (Fsp3) is 0.333. The predicted molar refractivity (Wildman–Crippen MR) is 84.5 cm³/mol. The molecule has 7 nitrogen and oxygen atoms in total. The van der Waals surface area contributed by atoms with Gasteiger partial charge in [-0.1, -0.05) is 0 Å². The Morgan fingerprint density at radius 2 is 1.92 bits per heavy atom. The number of hydrogen-bond acceptors (Lipinski definition) is 6. The van der Waals surface area contributed by atoms with Gasteiger partial charge in [-0.2, -0.15) is 13.2 Å². The second kappa shape index (κ2) is 6.54. The number of hydrogen-bond donors (Lipinski definition) is 2. The van der Waals surface area contributed by atoms with Crippen LogP contribution >= 0.6 is 0 Å². The Bertz CT molecular complexity index is 787. The monoisotopic (exact) mass is 355 g/mol. The average Bonchev–Trinajstić information content (AvgIpc) is 2.44. The number of aromatic nitrogens is 3. The van der Waals surface area contributed by atoms with Gasteiger partial charge in [-0.3, -0.25) is 10.3 Å². The lowest BCUT2D eigenvalue weighted by Crippen LogP contribution is -2.28. The highest BCUT2D eigenvalue weighted by molar-refractivity contribution is 5.85. The van der Waals surface area contributed by atoms with E-state index in [0.29, 0.717) is 0 Å². The topological polar surface area (TPSA) is 103 Å². The summed E-state index contributed by atoms with van der Waals surface area (Å²) in [4.78, 5) is 22.4. The number of rotatable bonds is 2. The highest BCUT2D eigenvalue weighted by Crippen LogP contribution is 2.31. The van der Waals surface area contributed by atoms with Crippen LogP contribution in [0.15, 0.2) is 24.5 Å². The minimum Gasteiger partial charge on any atom is -0.444 e. The normalized spacial score (nSPS) is 11.9. The molecule has 134 valence electrons. The number of ether oxygens (including phenoxy) is 1. The van der Waals surface area contributed by atoms with E-state index in [0.717, 1.165) is 0 Å². The minimum absolute atomic E-state index is 0.103. The van der Waals surface area contributed by atoms with E-state index >= 15 is 0 Å². The van der Waals surface area contributed by atoms with Gasteiger partial charge in [0.25, 0.3) is 0 Å². The number of alkyl halides is 3. The van der Waals surface area contributed by atoms with Crippen molar-refractivity contribution in [1.82, 2.24) is 15.0 Å². The van der Waals surface area contributed by atoms with Crippen LogP contribution in [0.5, 0.6) is 0 Å². The zero-order chi connectivity index (χ0) is 18.8. The summed E-state index contributed by atoms with van der Waals surface area (Å²) in [6.45, 7) is 4.87. The smallest absolute Gasteiger partial charge is 0.444 e. The molecule has 0 aromatic carbocycles. The van der Waals surface area contributed by atoms with Crippen LogP contribution in [0.25, 0.3) is 11.3 Å². The Labute approximate surface area is 141 Å². The molecule has 0 atom stereocenters. The van der Waals surface area contributed by atoms with Gasteiger partial charge in [0.2, 0.25) is 5.82 Å². The molecule has 0 aliphatic heterocycles. The predicted octanol–water partition coefficient (Wildman–Crippen LogP) is 3.49. The maximum absolute atomic E-state index is 13.1. The van der Waals surface area contributed by atoms with Crippen molar-refractivity contribution in [3.8, 4) is 11.3 Å². The van der Waals surface area contributed by atoms with Crippen molar-refractivity contribution in [2.45, 2.75) is 32.5 Å². The third-order valence-electron chi connectivity index (χ3n) is 2.74. The van der Waals surface area contributed by atoms with E-state index in [1.807, 2.05) is 0 Å². The molecule has 2 rings (SSSR count). The van der Waals surface area contributed by atoms with Crippen molar-refractivity contribution in [2.75, 3.05) is 11.1 Å². The van der Waals surface area contributed by atoms with Crippen molar-refractivity contribution < 1.29 is 22.7 Å². The first-order chi connectivity index (χ1) is 11.5. The largest absolute Gasteiger partial charge is 0.451 e. The Hall–Kier alpha value is -2.91. The molecule has 0 fully saturated rings. The molecule has 0 bridgehead atoms. The maximum Gasteiger partial charge on any atom is 0.451 e. The number of amides is 1. The van der Waals surface area contributed by atoms with E-state index in [-0.39, 0.29) is 22.8 Å². The zero-order valence-corrected chi connectivity index (χ0v) is 13.7. The van der Waals surface area contributed by atoms with Gasteiger partial charge in [-0.15, -0.1) is 0 Å². The number of carbonyl (C=O) groups excluding carboxylic acids is 1. The van der Waals surface area contributed by atoms with Gasteiger partial charge < -0.3 is 10.5 Å². The molecule has 1 amide bonds. The Kier molecular flexibility index (Phi) is 4.82. The molecule has 0 aliphatic rings. The maximum atomic E-state index is 13.1. The Morgan fingerprint density at radius 1 is 1.24 bits per heavy atom. The number of nitrogens with one attached hydrogen (secondary N) is 1. The molecule has 10 heteroatoms. The van der Waals surface area contributed by atoms with Crippen molar-refractivity contribution in [3.05, 3.63) is 30.4 Å². The number of carbonyl (C=O) groups is 1. The first-order valence-corrected chi connectivity index (χ1v) is 7.12. The molecule has 25 heavy (non-hydrogen) atoms. The molecule has 3 N–H and O–H groups in total. The second-order valence-electron chi connectivity index (χ2n) is 6.05.